The zero-order valence-electron chi connectivity index (χ0n) is 10.0. The first-order valence-electron chi connectivity index (χ1n) is 5.85. The van der Waals surface area contributed by atoms with Crippen LogP contribution in [-0.4, -0.2) is 5.78 Å². The number of benzene rings is 1. The van der Waals surface area contributed by atoms with Crippen molar-refractivity contribution in [3.63, 3.8) is 0 Å². The molecule has 0 aliphatic heterocycles. The zero-order chi connectivity index (χ0) is 12.0. The van der Waals surface area contributed by atoms with E-state index in [1.54, 1.807) is 6.08 Å². The van der Waals surface area contributed by atoms with Crippen LogP contribution in [0.1, 0.15) is 25.0 Å². The Morgan fingerprint density at radius 2 is 1.88 bits per heavy atom. The molecule has 1 heteroatoms. The Balaban J connectivity index is 2.33. The molecule has 84 valence electrons. The summed E-state index contributed by atoms with van der Waals surface area (Å²) in [4.78, 5) is 11.9. The van der Waals surface area contributed by atoms with E-state index in [4.69, 9.17) is 0 Å². The summed E-state index contributed by atoms with van der Waals surface area (Å²) < 4.78 is 0. The Hall–Kier alpha value is -1.89. The van der Waals surface area contributed by atoms with E-state index in [1.165, 1.54) is 5.56 Å². The molecule has 1 aromatic carbocycles. The molecule has 0 saturated heterocycles. The molecule has 0 fully saturated rings. The van der Waals surface area contributed by atoms with Crippen molar-refractivity contribution < 1.29 is 4.79 Å². The average molecular weight is 222 g/mol. The normalized spacial score (nSPS) is 20.2. The van der Waals surface area contributed by atoms with Crippen molar-refractivity contribution in [1.82, 2.24) is 0 Å². The number of allylic oxidation sites excluding steroid dienone is 5. The topological polar surface area (TPSA) is 17.1 Å². The van der Waals surface area contributed by atoms with Gasteiger partial charge < -0.3 is 0 Å². The van der Waals surface area contributed by atoms with Crippen LogP contribution >= 0.6 is 0 Å². The minimum atomic E-state index is -0.0961. The molecule has 2 aliphatic rings. The molecule has 0 atom stereocenters. The highest BCUT2D eigenvalue weighted by Gasteiger charge is 2.35. The van der Waals surface area contributed by atoms with Crippen molar-refractivity contribution in [2.45, 2.75) is 19.3 Å². The van der Waals surface area contributed by atoms with E-state index in [0.29, 0.717) is 0 Å². The fraction of sp³-hybridized carbons (Fsp3) is 0.188. The standard InChI is InChI=1S/C16H14O/c1-16(2)13-7-4-3-6-11(13)10-12-14(16)8-5-9-15(12)17/h3-10H,1-2H3. The summed E-state index contributed by atoms with van der Waals surface area (Å²) in [5.74, 6) is 0.116. The van der Waals surface area contributed by atoms with Crippen LogP contribution in [-0.2, 0) is 10.2 Å². The van der Waals surface area contributed by atoms with Gasteiger partial charge in [-0.1, -0.05) is 50.3 Å². The number of carbonyl (C=O) groups is 1. The molecule has 1 nitrogen and oxygen atoms in total. The third-order valence-electron chi connectivity index (χ3n) is 3.67. The molecule has 0 N–H and O–H groups in total. The minimum Gasteiger partial charge on any atom is -0.289 e. The lowest BCUT2D eigenvalue weighted by Crippen LogP contribution is -2.28. The smallest absolute Gasteiger partial charge is 0.186 e. The lowest BCUT2D eigenvalue weighted by Gasteiger charge is -2.35. The van der Waals surface area contributed by atoms with Crippen molar-refractivity contribution in [3.05, 3.63) is 64.8 Å². The first-order valence-corrected chi connectivity index (χ1v) is 5.85. The van der Waals surface area contributed by atoms with Crippen LogP contribution < -0.4 is 0 Å². The van der Waals surface area contributed by atoms with Crippen molar-refractivity contribution in [3.8, 4) is 0 Å². The summed E-state index contributed by atoms with van der Waals surface area (Å²) in [7, 11) is 0. The van der Waals surface area contributed by atoms with Crippen LogP contribution in [0.15, 0.2) is 53.6 Å². The first kappa shape index (κ1) is 10.3. The van der Waals surface area contributed by atoms with E-state index in [9.17, 15) is 4.79 Å². The Bertz CT molecular complexity index is 598. The maximum Gasteiger partial charge on any atom is 0.186 e. The van der Waals surface area contributed by atoms with Crippen LogP contribution in [0.25, 0.3) is 6.08 Å². The van der Waals surface area contributed by atoms with Crippen LogP contribution in [0, 0.1) is 0 Å². The van der Waals surface area contributed by atoms with Gasteiger partial charge in [0.15, 0.2) is 5.78 Å². The number of rotatable bonds is 0. The maximum atomic E-state index is 11.9. The summed E-state index contributed by atoms with van der Waals surface area (Å²) in [6, 6.07) is 8.29. The summed E-state index contributed by atoms with van der Waals surface area (Å²) >= 11 is 0. The first-order chi connectivity index (χ1) is 8.10. The third-order valence-corrected chi connectivity index (χ3v) is 3.67. The van der Waals surface area contributed by atoms with Crippen LogP contribution in [0.3, 0.4) is 0 Å². The predicted molar refractivity (Wildman–Crippen MR) is 69.7 cm³/mol. The summed E-state index contributed by atoms with van der Waals surface area (Å²) in [5, 5.41) is 0. The Labute approximate surface area is 101 Å². The fourth-order valence-electron chi connectivity index (χ4n) is 2.73. The van der Waals surface area contributed by atoms with Crippen molar-refractivity contribution in [1.29, 1.82) is 0 Å². The highest BCUT2D eigenvalue weighted by atomic mass is 16.1. The van der Waals surface area contributed by atoms with Crippen LogP contribution in [0.2, 0.25) is 0 Å². The lowest BCUT2D eigenvalue weighted by molar-refractivity contribution is -0.111. The van der Waals surface area contributed by atoms with E-state index < -0.39 is 0 Å². The molecular formula is C16H14O. The van der Waals surface area contributed by atoms with E-state index in [2.05, 4.69) is 38.1 Å². The second-order valence-electron chi connectivity index (χ2n) is 5.07. The second-order valence-corrected chi connectivity index (χ2v) is 5.07. The third kappa shape index (κ3) is 1.35. The van der Waals surface area contributed by atoms with E-state index >= 15 is 0 Å². The fourth-order valence-corrected chi connectivity index (χ4v) is 2.73. The maximum absolute atomic E-state index is 11.9. The Kier molecular flexibility index (Phi) is 1.99. The minimum absolute atomic E-state index is 0.0961. The number of hydrogen-bond acceptors (Lipinski definition) is 1. The van der Waals surface area contributed by atoms with Gasteiger partial charge in [0, 0.05) is 11.0 Å². The molecule has 3 rings (SSSR count). The Morgan fingerprint density at radius 1 is 1.12 bits per heavy atom. The van der Waals surface area contributed by atoms with Crippen molar-refractivity contribution in [2.75, 3.05) is 0 Å². The van der Waals surface area contributed by atoms with Crippen LogP contribution in [0.5, 0.6) is 0 Å². The molecule has 0 heterocycles. The number of ketones is 1. The molecule has 0 aromatic heterocycles. The van der Waals surface area contributed by atoms with Gasteiger partial charge in [0.05, 0.1) is 0 Å². The summed E-state index contributed by atoms with van der Waals surface area (Å²) in [6.45, 7) is 4.36. The highest BCUT2D eigenvalue weighted by molar-refractivity contribution is 6.13. The lowest BCUT2D eigenvalue weighted by atomic mass is 9.67. The molecule has 0 saturated carbocycles. The van der Waals surface area contributed by atoms with Gasteiger partial charge in [-0.25, -0.2) is 0 Å². The van der Waals surface area contributed by atoms with Gasteiger partial charge in [0.2, 0.25) is 0 Å². The molecule has 2 aliphatic carbocycles. The largest absolute Gasteiger partial charge is 0.289 e. The number of fused-ring (bicyclic) bond motifs is 2. The van der Waals surface area contributed by atoms with Crippen LogP contribution in [0.4, 0.5) is 0 Å². The molecule has 1 aromatic rings. The Morgan fingerprint density at radius 3 is 2.71 bits per heavy atom. The quantitative estimate of drug-likeness (QED) is 0.657. The van der Waals surface area contributed by atoms with Gasteiger partial charge in [-0.05, 0) is 28.9 Å². The van der Waals surface area contributed by atoms with Gasteiger partial charge in [-0.15, -0.1) is 0 Å². The molecule has 0 spiro atoms. The molecule has 0 bridgehead atoms. The van der Waals surface area contributed by atoms with Crippen molar-refractivity contribution in [2.24, 2.45) is 0 Å². The monoisotopic (exact) mass is 222 g/mol. The number of carbonyl (C=O) groups excluding carboxylic acids is 1. The van der Waals surface area contributed by atoms with Gasteiger partial charge in [0.25, 0.3) is 0 Å². The SMILES string of the molecule is CC1(C)C2=CC=CC(=O)C2=Cc2ccccc21. The summed E-state index contributed by atoms with van der Waals surface area (Å²) in [6.07, 6.45) is 7.56. The van der Waals surface area contributed by atoms with E-state index in [0.717, 1.165) is 16.7 Å². The molecular weight excluding hydrogens is 208 g/mol. The highest BCUT2D eigenvalue weighted by Crippen LogP contribution is 2.43. The van der Waals surface area contributed by atoms with Gasteiger partial charge >= 0.3 is 0 Å². The van der Waals surface area contributed by atoms with Gasteiger partial charge in [-0.3, -0.25) is 4.79 Å². The van der Waals surface area contributed by atoms with Crippen molar-refractivity contribution >= 4 is 11.9 Å². The van der Waals surface area contributed by atoms with E-state index in [1.807, 2.05) is 18.2 Å². The van der Waals surface area contributed by atoms with E-state index in [-0.39, 0.29) is 11.2 Å². The number of hydrogen-bond donors (Lipinski definition) is 0. The van der Waals surface area contributed by atoms with Gasteiger partial charge in [0.1, 0.15) is 0 Å². The molecule has 0 amide bonds. The van der Waals surface area contributed by atoms with Gasteiger partial charge in [-0.2, -0.15) is 0 Å². The summed E-state index contributed by atoms with van der Waals surface area (Å²) in [5.41, 5.74) is 4.33. The molecule has 17 heavy (non-hydrogen) atoms. The second kappa shape index (κ2) is 3.30. The molecule has 0 radical (unpaired) electrons. The molecule has 0 unspecified atom stereocenters. The zero-order valence-corrected chi connectivity index (χ0v) is 10.0. The predicted octanol–water partition coefficient (Wildman–Crippen LogP) is 3.43. The average Bonchev–Trinajstić information content (AvgIpc) is 2.31.